The number of H-pyrrole nitrogens is 1. The maximum absolute atomic E-state index is 13.3. The summed E-state index contributed by atoms with van der Waals surface area (Å²) in [6.45, 7) is 0.461. The number of hydrogen-bond donors (Lipinski definition) is 1. The summed E-state index contributed by atoms with van der Waals surface area (Å²) in [7, 11) is 1.58. The zero-order valence-corrected chi connectivity index (χ0v) is 17.6. The van der Waals surface area contributed by atoms with Gasteiger partial charge >= 0.3 is 0 Å². The topological polar surface area (TPSA) is 75.3 Å². The predicted octanol–water partition coefficient (Wildman–Crippen LogP) is 4.43. The zero-order valence-electron chi connectivity index (χ0n) is 16.8. The fourth-order valence-electron chi connectivity index (χ4n) is 3.36. The van der Waals surface area contributed by atoms with Crippen LogP contribution in [0.4, 0.5) is 0 Å². The second kappa shape index (κ2) is 9.02. The van der Waals surface area contributed by atoms with E-state index in [4.69, 9.17) is 16.3 Å². The lowest BCUT2D eigenvalue weighted by atomic mass is 10.1. The summed E-state index contributed by atoms with van der Waals surface area (Å²) in [5.41, 5.74) is 2.28. The minimum atomic E-state index is -0.249. The molecule has 6 nitrogen and oxygen atoms in total. The first-order valence-electron chi connectivity index (χ1n) is 9.67. The summed E-state index contributed by atoms with van der Waals surface area (Å²) in [5, 5.41) is 1.41. The van der Waals surface area contributed by atoms with Gasteiger partial charge in [0.15, 0.2) is 0 Å². The number of amides is 1. The van der Waals surface area contributed by atoms with E-state index >= 15 is 0 Å². The third kappa shape index (κ3) is 4.75. The SMILES string of the molecule is COc1ccc2cc(CN(Cc3cccnc3)C(=O)c3ccc(Cl)cc3)c(=O)[nH]c2c1. The Morgan fingerprint density at radius 3 is 2.61 bits per heavy atom. The van der Waals surface area contributed by atoms with Gasteiger partial charge in [-0.2, -0.15) is 0 Å². The molecule has 0 saturated heterocycles. The Bertz CT molecular complexity index is 1270. The Labute approximate surface area is 184 Å². The number of aromatic amines is 1. The summed E-state index contributed by atoms with van der Waals surface area (Å²) < 4.78 is 5.22. The van der Waals surface area contributed by atoms with E-state index in [0.29, 0.717) is 34.0 Å². The van der Waals surface area contributed by atoms with Crippen molar-refractivity contribution in [1.29, 1.82) is 0 Å². The van der Waals surface area contributed by atoms with Crippen molar-refractivity contribution in [3.8, 4) is 5.75 Å². The first-order valence-corrected chi connectivity index (χ1v) is 10.0. The Morgan fingerprint density at radius 2 is 1.90 bits per heavy atom. The number of methoxy groups -OCH3 is 1. The number of aromatic nitrogens is 2. The maximum Gasteiger partial charge on any atom is 0.254 e. The van der Waals surface area contributed by atoms with Crippen LogP contribution in [0.15, 0.2) is 77.9 Å². The summed E-state index contributed by atoms with van der Waals surface area (Å²) in [4.78, 5) is 34.7. The number of carbonyl (C=O) groups excluding carboxylic acids is 1. The van der Waals surface area contributed by atoms with Gasteiger partial charge in [-0.25, -0.2) is 0 Å². The molecule has 1 amide bonds. The molecule has 0 aliphatic heterocycles. The highest BCUT2D eigenvalue weighted by atomic mass is 35.5. The lowest BCUT2D eigenvalue weighted by Crippen LogP contribution is -2.32. The molecule has 31 heavy (non-hydrogen) atoms. The normalized spacial score (nSPS) is 10.8. The summed E-state index contributed by atoms with van der Waals surface area (Å²) in [6, 6.07) is 17.7. The Balaban J connectivity index is 1.69. The van der Waals surface area contributed by atoms with Crippen LogP contribution in [0.1, 0.15) is 21.5 Å². The van der Waals surface area contributed by atoms with Gasteiger partial charge in [0.05, 0.1) is 19.2 Å². The lowest BCUT2D eigenvalue weighted by molar-refractivity contribution is 0.0729. The van der Waals surface area contributed by atoms with Crippen LogP contribution in [0.25, 0.3) is 10.9 Å². The number of nitrogens with one attached hydrogen (secondary N) is 1. The highest BCUT2D eigenvalue weighted by Gasteiger charge is 2.19. The molecule has 0 bridgehead atoms. The van der Waals surface area contributed by atoms with Crippen LogP contribution in [0, 0.1) is 0 Å². The van der Waals surface area contributed by atoms with E-state index in [2.05, 4.69) is 9.97 Å². The molecule has 0 unspecified atom stereocenters. The quantitative estimate of drug-likeness (QED) is 0.488. The van der Waals surface area contributed by atoms with Gasteiger partial charge in [-0.05, 0) is 59.5 Å². The number of pyridine rings is 2. The molecule has 0 saturated carbocycles. The molecule has 4 aromatic rings. The summed E-state index contributed by atoms with van der Waals surface area (Å²) in [5.74, 6) is 0.460. The molecule has 0 aliphatic rings. The van der Waals surface area contributed by atoms with Gasteiger partial charge in [0.25, 0.3) is 11.5 Å². The van der Waals surface area contributed by atoms with E-state index in [1.165, 1.54) is 0 Å². The minimum Gasteiger partial charge on any atom is -0.497 e. The number of nitrogens with zero attached hydrogens (tertiary/aromatic N) is 2. The Hall–Kier alpha value is -3.64. The van der Waals surface area contributed by atoms with Crippen molar-refractivity contribution < 1.29 is 9.53 Å². The number of rotatable bonds is 6. The Kier molecular flexibility index (Phi) is 6.00. The number of hydrogen-bond acceptors (Lipinski definition) is 4. The van der Waals surface area contributed by atoms with E-state index in [-0.39, 0.29) is 18.0 Å². The Morgan fingerprint density at radius 1 is 1.10 bits per heavy atom. The number of benzene rings is 2. The molecule has 4 rings (SSSR count). The van der Waals surface area contributed by atoms with Crippen LogP contribution in [-0.4, -0.2) is 27.9 Å². The fourth-order valence-corrected chi connectivity index (χ4v) is 3.49. The van der Waals surface area contributed by atoms with Crippen molar-refractivity contribution in [1.82, 2.24) is 14.9 Å². The second-order valence-corrected chi connectivity index (χ2v) is 7.54. The number of halogens is 1. The van der Waals surface area contributed by atoms with Gasteiger partial charge in [-0.3, -0.25) is 14.6 Å². The fraction of sp³-hybridized carbons (Fsp3) is 0.125. The van der Waals surface area contributed by atoms with Gasteiger partial charge in [0.2, 0.25) is 0 Å². The third-order valence-corrected chi connectivity index (χ3v) is 5.22. The molecule has 0 aliphatic carbocycles. The number of fused-ring (bicyclic) bond motifs is 1. The van der Waals surface area contributed by atoms with E-state index in [1.54, 1.807) is 60.8 Å². The van der Waals surface area contributed by atoms with Gasteiger partial charge in [0.1, 0.15) is 5.75 Å². The molecule has 2 heterocycles. The van der Waals surface area contributed by atoms with Crippen LogP contribution in [0.3, 0.4) is 0 Å². The molecule has 2 aromatic heterocycles. The molecular weight excluding hydrogens is 414 g/mol. The monoisotopic (exact) mass is 433 g/mol. The smallest absolute Gasteiger partial charge is 0.254 e. The standard InChI is InChI=1S/C24H20ClN3O3/c1-31-21-9-6-18-11-19(23(29)27-22(18)12-21)15-28(14-16-3-2-10-26-13-16)24(30)17-4-7-20(25)8-5-17/h2-13H,14-15H2,1H3,(H,27,29). The molecule has 7 heteroatoms. The number of ether oxygens (including phenoxy) is 1. The first-order chi connectivity index (χ1) is 15.0. The van der Waals surface area contributed by atoms with Crippen molar-refractivity contribution in [2.75, 3.05) is 7.11 Å². The van der Waals surface area contributed by atoms with Crippen molar-refractivity contribution in [2.45, 2.75) is 13.1 Å². The predicted molar refractivity (Wildman–Crippen MR) is 120 cm³/mol. The zero-order chi connectivity index (χ0) is 21.8. The molecule has 0 spiro atoms. The van der Waals surface area contributed by atoms with E-state index in [9.17, 15) is 9.59 Å². The molecule has 0 fully saturated rings. The van der Waals surface area contributed by atoms with Crippen LogP contribution >= 0.6 is 11.6 Å². The molecule has 1 N–H and O–H groups in total. The van der Waals surface area contributed by atoms with Gasteiger partial charge in [-0.1, -0.05) is 17.7 Å². The van der Waals surface area contributed by atoms with Crippen molar-refractivity contribution in [2.24, 2.45) is 0 Å². The van der Waals surface area contributed by atoms with E-state index in [0.717, 1.165) is 10.9 Å². The highest BCUT2D eigenvalue weighted by molar-refractivity contribution is 6.30. The maximum atomic E-state index is 13.3. The van der Waals surface area contributed by atoms with Crippen molar-refractivity contribution in [3.05, 3.63) is 105 Å². The number of carbonyl (C=O) groups is 1. The average Bonchev–Trinajstić information content (AvgIpc) is 2.79. The van der Waals surface area contributed by atoms with Gasteiger partial charge < -0.3 is 14.6 Å². The van der Waals surface area contributed by atoms with Gasteiger partial charge in [0, 0.05) is 41.2 Å². The minimum absolute atomic E-state index is 0.146. The van der Waals surface area contributed by atoms with E-state index in [1.807, 2.05) is 24.3 Å². The van der Waals surface area contributed by atoms with E-state index < -0.39 is 0 Å². The molecule has 0 atom stereocenters. The lowest BCUT2D eigenvalue weighted by Gasteiger charge is -2.23. The third-order valence-electron chi connectivity index (χ3n) is 4.97. The molecular formula is C24H20ClN3O3. The average molecular weight is 434 g/mol. The van der Waals surface area contributed by atoms with Crippen molar-refractivity contribution in [3.63, 3.8) is 0 Å². The second-order valence-electron chi connectivity index (χ2n) is 7.11. The van der Waals surface area contributed by atoms with Crippen LogP contribution in [-0.2, 0) is 13.1 Å². The summed E-state index contributed by atoms with van der Waals surface area (Å²) in [6.07, 6.45) is 3.39. The first kappa shape index (κ1) is 20.6. The highest BCUT2D eigenvalue weighted by Crippen LogP contribution is 2.20. The van der Waals surface area contributed by atoms with Gasteiger partial charge in [-0.15, -0.1) is 0 Å². The molecule has 2 aromatic carbocycles. The van der Waals surface area contributed by atoms with Crippen LogP contribution in [0.5, 0.6) is 5.75 Å². The van der Waals surface area contributed by atoms with Crippen molar-refractivity contribution >= 4 is 28.4 Å². The van der Waals surface area contributed by atoms with Crippen LogP contribution < -0.4 is 10.3 Å². The summed E-state index contributed by atoms with van der Waals surface area (Å²) >= 11 is 5.97. The molecule has 156 valence electrons. The molecule has 0 radical (unpaired) electrons. The largest absolute Gasteiger partial charge is 0.497 e. The van der Waals surface area contributed by atoms with Crippen LogP contribution in [0.2, 0.25) is 5.02 Å².